The molecule has 1 aromatic carbocycles. The van der Waals surface area contributed by atoms with Crippen molar-refractivity contribution < 1.29 is 9.18 Å². The maximum atomic E-state index is 13.1. The summed E-state index contributed by atoms with van der Waals surface area (Å²) in [5, 5.41) is 11.1. The molecule has 3 nitrogen and oxygen atoms in total. The third kappa shape index (κ3) is 2.94. The Hall–Kier alpha value is -1.60. The fourth-order valence-electron chi connectivity index (χ4n) is 1.02. The highest BCUT2D eigenvalue weighted by atomic mass is 35.5. The van der Waals surface area contributed by atoms with Crippen LogP contribution in [0.25, 0.3) is 0 Å². The van der Waals surface area contributed by atoms with Gasteiger partial charge in [0.25, 0.3) is 5.91 Å². The summed E-state index contributed by atoms with van der Waals surface area (Å²) < 4.78 is 13.1. The first kappa shape index (κ1) is 12.5. The fraction of sp³-hybridized carbons (Fsp3) is 0.273. The Kier molecular flexibility index (Phi) is 3.51. The van der Waals surface area contributed by atoms with Crippen LogP contribution in [0.5, 0.6) is 0 Å². The van der Waals surface area contributed by atoms with Crippen molar-refractivity contribution in [1.29, 1.82) is 5.26 Å². The summed E-state index contributed by atoms with van der Waals surface area (Å²) in [7, 11) is 0. The van der Waals surface area contributed by atoms with Crippen molar-refractivity contribution in [3.8, 4) is 6.07 Å². The van der Waals surface area contributed by atoms with Crippen LogP contribution in [0.15, 0.2) is 18.2 Å². The van der Waals surface area contributed by atoms with Crippen LogP contribution >= 0.6 is 11.6 Å². The van der Waals surface area contributed by atoms with E-state index in [4.69, 9.17) is 16.9 Å². The van der Waals surface area contributed by atoms with Crippen LogP contribution in [-0.4, -0.2) is 11.4 Å². The number of amides is 1. The van der Waals surface area contributed by atoms with Crippen molar-refractivity contribution in [2.45, 2.75) is 19.4 Å². The molecule has 0 aromatic heterocycles. The van der Waals surface area contributed by atoms with Gasteiger partial charge in [-0.25, -0.2) is 4.39 Å². The Bertz CT molecular complexity index is 466. The molecule has 0 aliphatic heterocycles. The summed E-state index contributed by atoms with van der Waals surface area (Å²) in [6.45, 7) is 3.11. The summed E-state index contributed by atoms with van der Waals surface area (Å²) in [6.07, 6.45) is 0. The minimum atomic E-state index is -0.993. The Morgan fingerprint density at radius 3 is 2.69 bits per heavy atom. The molecule has 5 heteroatoms. The predicted molar refractivity (Wildman–Crippen MR) is 58.6 cm³/mol. The SMILES string of the molecule is CC(C)(C#N)NC(=O)c1ccc(Cl)c(F)c1. The Morgan fingerprint density at radius 1 is 1.56 bits per heavy atom. The van der Waals surface area contributed by atoms with Crippen LogP contribution in [0.2, 0.25) is 5.02 Å². The molecule has 1 amide bonds. The molecule has 0 bridgehead atoms. The van der Waals surface area contributed by atoms with Crippen LogP contribution in [0.1, 0.15) is 24.2 Å². The van der Waals surface area contributed by atoms with Gasteiger partial charge in [-0.15, -0.1) is 0 Å². The molecule has 0 saturated carbocycles. The van der Waals surface area contributed by atoms with Gasteiger partial charge in [0.15, 0.2) is 0 Å². The van der Waals surface area contributed by atoms with E-state index in [1.807, 2.05) is 6.07 Å². The molecular formula is C11H10ClFN2O. The van der Waals surface area contributed by atoms with Gasteiger partial charge in [-0.3, -0.25) is 4.79 Å². The lowest BCUT2D eigenvalue weighted by molar-refractivity contribution is 0.0929. The lowest BCUT2D eigenvalue weighted by Crippen LogP contribution is -2.42. The molecule has 0 unspecified atom stereocenters. The van der Waals surface area contributed by atoms with E-state index in [1.165, 1.54) is 12.1 Å². The quantitative estimate of drug-likeness (QED) is 0.864. The number of carbonyl (C=O) groups excluding carboxylic acids is 1. The molecule has 0 fully saturated rings. The number of rotatable bonds is 2. The van der Waals surface area contributed by atoms with E-state index in [0.29, 0.717) is 0 Å². The average molecular weight is 241 g/mol. The molecule has 1 N–H and O–H groups in total. The van der Waals surface area contributed by atoms with E-state index in [2.05, 4.69) is 5.32 Å². The molecule has 16 heavy (non-hydrogen) atoms. The second-order valence-electron chi connectivity index (χ2n) is 3.82. The summed E-state index contributed by atoms with van der Waals surface area (Å²) in [6, 6.07) is 5.64. The largest absolute Gasteiger partial charge is 0.334 e. The summed E-state index contributed by atoms with van der Waals surface area (Å²) >= 11 is 5.49. The third-order valence-corrected chi connectivity index (χ3v) is 2.19. The smallest absolute Gasteiger partial charge is 0.252 e. The summed E-state index contributed by atoms with van der Waals surface area (Å²) in [5.74, 6) is -1.17. The molecule has 0 heterocycles. The maximum absolute atomic E-state index is 13.1. The molecule has 1 aromatic rings. The van der Waals surface area contributed by atoms with Gasteiger partial charge in [-0.2, -0.15) is 5.26 Å². The van der Waals surface area contributed by atoms with E-state index in [-0.39, 0.29) is 10.6 Å². The van der Waals surface area contributed by atoms with Crippen molar-refractivity contribution in [2.75, 3.05) is 0 Å². The highest BCUT2D eigenvalue weighted by molar-refractivity contribution is 6.30. The first-order chi connectivity index (χ1) is 7.35. The van der Waals surface area contributed by atoms with E-state index >= 15 is 0 Å². The van der Waals surface area contributed by atoms with Crippen molar-refractivity contribution in [2.24, 2.45) is 0 Å². The molecule has 0 spiro atoms. The second-order valence-corrected chi connectivity index (χ2v) is 4.23. The van der Waals surface area contributed by atoms with Crippen molar-refractivity contribution in [3.05, 3.63) is 34.6 Å². The second kappa shape index (κ2) is 4.50. The molecular weight excluding hydrogens is 231 g/mol. The minimum Gasteiger partial charge on any atom is -0.334 e. The van der Waals surface area contributed by atoms with E-state index in [1.54, 1.807) is 13.8 Å². The molecule has 0 aliphatic carbocycles. The fourth-order valence-corrected chi connectivity index (χ4v) is 1.14. The number of nitrogens with zero attached hydrogens (tertiary/aromatic N) is 1. The number of carbonyl (C=O) groups is 1. The average Bonchev–Trinajstić information content (AvgIpc) is 2.21. The Labute approximate surface area is 97.8 Å². The molecule has 0 aliphatic rings. The van der Waals surface area contributed by atoms with Crippen molar-refractivity contribution >= 4 is 17.5 Å². The van der Waals surface area contributed by atoms with Crippen LogP contribution in [0.3, 0.4) is 0 Å². The Morgan fingerprint density at radius 2 is 2.19 bits per heavy atom. The highest BCUT2D eigenvalue weighted by Crippen LogP contribution is 2.16. The third-order valence-electron chi connectivity index (χ3n) is 1.89. The topological polar surface area (TPSA) is 52.9 Å². The highest BCUT2D eigenvalue weighted by Gasteiger charge is 2.20. The van der Waals surface area contributed by atoms with Gasteiger partial charge in [0.05, 0.1) is 11.1 Å². The number of nitrogens with one attached hydrogen (secondary N) is 1. The van der Waals surface area contributed by atoms with Gasteiger partial charge in [0.1, 0.15) is 11.4 Å². The number of benzene rings is 1. The van der Waals surface area contributed by atoms with E-state index in [0.717, 1.165) is 6.07 Å². The number of hydrogen-bond acceptors (Lipinski definition) is 2. The zero-order chi connectivity index (χ0) is 12.3. The normalized spacial score (nSPS) is 10.7. The lowest BCUT2D eigenvalue weighted by Gasteiger charge is -2.17. The van der Waals surface area contributed by atoms with E-state index in [9.17, 15) is 9.18 Å². The molecule has 0 radical (unpaired) electrons. The van der Waals surface area contributed by atoms with Gasteiger partial charge in [0.2, 0.25) is 0 Å². The maximum Gasteiger partial charge on any atom is 0.252 e. The first-order valence-electron chi connectivity index (χ1n) is 4.54. The van der Waals surface area contributed by atoms with Crippen LogP contribution in [0, 0.1) is 17.1 Å². The van der Waals surface area contributed by atoms with Crippen LogP contribution < -0.4 is 5.32 Å². The standard InChI is InChI=1S/C11H10ClFN2O/c1-11(2,6-14)15-10(16)7-3-4-8(12)9(13)5-7/h3-5H,1-2H3,(H,15,16). The van der Waals surface area contributed by atoms with Gasteiger partial charge in [0, 0.05) is 5.56 Å². The first-order valence-corrected chi connectivity index (χ1v) is 4.92. The predicted octanol–water partition coefficient (Wildman–Crippen LogP) is 2.51. The number of hydrogen-bond donors (Lipinski definition) is 1. The lowest BCUT2D eigenvalue weighted by atomic mass is 10.1. The summed E-state index contributed by atoms with van der Waals surface area (Å²) in [5.41, 5.74) is -0.863. The monoisotopic (exact) mass is 240 g/mol. The van der Waals surface area contributed by atoms with Gasteiger partial charge in [-0.05, 0) is 32.0 Å². The van der Waals surface area contributed by atoms with Gasteiger partial charge < -0.3 is 5.32 Å². The van der Waals surface area contributed by atoms with E-state index < -0.39 is 17.3 Å². The summed E-state index contributed by atoms with van der Waals surface area (Å²) in [4.78, 5) is 11.6. The van der Waals surface area contributed by atoms with Gasteiger partial charge >= 0.3 is 0 Å². The molecule has 0 atom stereocenters. The van der Waals surface area contributed by atoms with Gasteiger partial charge in [-0.1, -0.05) is 11.6 Å². The zero-order valence-electron chi connectivity index (χ0n) is 8.84. The number of halogens is 2. The minimum absolute atomic E-state index is 0.0453. The molecule has 84 valence electrons. The molecule has 0 saturated heterocycles. The van der Waals surface area contributed by atoms with Crippen molar-refractivity contribution in [3.63, 3.8) is 0 Å². The number of nitriles is 1. The van der Waals surface area contributed by atoms with Crippen molar-refractivity contribution in [1.82, 2.24) is 5.32 Å². The zero-order valence-corrected chi connectivity index (χ0v) is 9.60. The van der Waals surface area contributed by atoms with Crippen LogP contribution in [-0.2, 0) is 0 Å². The van der Waals surface area contributed by atoms with Crippen LogP contribution in [0.4, 0.5) is 4.39 Å². The molecule has 1 rings (SSSR count). The Balaban J connectivity index is 2.91.